The molecule has 1 amide bonds. The van der Waals surface area contributed by atoms with Gasteiger partial charge in [0, 0.05) is 32.2 Å². The molecule has 1 atom stereocenters. The van der Waals surface area contributed by atoms with E-state index < -0.39 is 0 Å². The Morgan fingerprint density at radius 1 is 1.37 bits per heavy atom. The van der Waals surface area contributed by atoms with Gasteiger partial charge in [-0.25, -0.2) is 4.99 Å². The molecule has 7 nitrogen and oxygen atoms in total. The van der Waals surface area contributed by atoms with Gasteiger partial charge in [0.05, 0.1) is 13.1 Å². The number of hydrogen-bond donors (Lipinski definition) is 2. The van der Waals surface area contributed by atoms with Crippen molar-refractivity contribution in [2.45, 2.75) is 32.4 Å². The first-order valence-electron chi connectivity index (χ1n) is 10.3. The van der Waals surface area contributed by atoms with E-state index in [0.29, 0.717) is 25.2 Å². The molecule has 1 saturated heterocycles. The van der Waals surface area contributed by atoms with Gasteiger partial charge in [-0.1, -0.05) is 37.8 Å². The molecule has 1 aromatic rings. The maximum absolute atomic E-state index is 12.0. The van der Waals surface area contributed by atoms with Crippen molar-refractivity contribution in [2.75, 3.05) is 46.9 Å². The molecule has 1 aliphatic rings. The maximum atomic E-state index is 12.0. The summed E-state index contributed by atoms with van der Waals surface area (Å²) in [6.07, 6.45) is 4.14. The van der Waals surface area contributed by atoms with Gasteiger partial charge in [-0.2, -0.15) is 0 Å². The molecule has 1 heterocycles. The van der Waals surface area contributed by atoms with Crippen molar-refractivity contribution < 1.29 is 9.53 Å². The number of nitrogens with zero attached hydrogens (tertiary/aromatic N) is 3. The van der Waals surface area contributed by atoms with Crippen molar-refractivity contribution in [3.8, 4) is 5.75 Å². The monoisotopic (exact) mass is 529 g/mol. The van der Waals surface area contributed by atoms with Gasteiger partial charge in [0.1, 0.15) is 12.4 Å². The van der Waals surface area contributed by atoms with Gasteiger partial charge in [0.25, 0.3) is 0 Å². The van der Waals surface area contributed by atoms with Crippen LogP contribution in [0.1, 0.15) is 25.3 Å². The molecular formula is C22H36IN5O2. The van der Waals surface area contributed by atoms with Crippen LogP contribution in [-0.2, 0) is 11.3 Å². The van der Waals surface area contributed by atoms with Crippen molar-refractivity contribution in [2.24, 2.45) is 4.99 Å². The molecule has 1 unspecified atom stereocenters. The fourth-order valence-electron chi connectivity index (χ4n) is 3.34. The van der Waals surface area contributed by atoms with Crippen molar-refractivity contribution in [1.29, 1.82) is 0 Å². The summed E-state index contributed by atoms with van der Waals surface area (Å²) < 4.78 is 5.72. The number of likely N-dealkylation sites (N-methyl/N-ethyl adjacent to an activating group) is 2. The Morgan fingerprint density at radius 3 is 2.83 bits per heavy atom. The molecule has 0 saturated carbocycles. The second kappa shape index (κ2) is 14.2. The van der Waals surface area contributed by atoms with E-state index in [1.165, 1.54) is 12.8 Å². The van der Waals surface area contributed by atoms with E-state index in [9.17, 15) is 4.79 Å². The van der Waals surface area contributed by atoms with Gasteiger partial charge in [-0.15, -0.1) is 24.0 Å². The molecule has 0 aromatic heterocycles. The highest BCUT2D eigenvalue weighted by Gasteiger charge is 2.22. The van der Waals surface area contributed by atoms with Gasteiger partial charge in [-0.3, -0.25) is 9.69 Å². The summed E-state index contributed by atoms with van der Waals surface area (Å²) in [7, 11) is 3.50. The van der Waals surface area contributed by atoms with Crippen molar-refractivity contribution in [3.63, 3.8) is 0 Å². The minimum Gasteiger partial charge on any atom is -0.489 e. The normalized spacial score (nSPS) is 16.5. The molecular weight excluding hydrogens is 493 g/mol. The van der Waals surface area contributed by atoms with Crippen LogP contribution in [0.2, 0.25) is 0 Å². The summed E-state index contributed by atoms with van der Waals surface area (Å²) in [4.78, 5) is 20.7. The molecule has 1 aromatic carbocycles. The lowest BCUT2D eigenvalue weighted by atomic mass is 10.2. The Morgan fingerprint density at radius 2 is 2.13 bits per heavy atom. The van der Waals surface area contributed by atoms with Crippen LogP contribution in [0.15, 0.2) is 41.9 Å². The zero-order valence-electron chi connectivity index (χ0n) is 18.4. The van der Waals surface area contributed by atoms with Crippen LogP contribution in [0.5, 0.6) is 5.75 Å². The Labute approximate surface area is 198 Å². The first-order chi connectivity index (χ1) is 14.0. The highest BCUT2D eigenvalue weighted by molar-refractivity contribution is 14.0. The number of amides is 1. The van der Waals surface area contributed by atoms with Gasteiger partial charge in [-0.05, 0) is 32.0 Å². The summed E-state index contributed by atoms with van der Waals surface area (Å²) in [5, 5.41) is 6.59. The van der Waals surface area contributed by atoms with Crippen LogP contribution < -0.4 is 15.4 Å². The highest BCUT2D eigenvalue weighted by atomic mass is 127. The first-order valence-corrected chi connectivity index (χ1v) is 10.3. The molecule has 0 radical (unpaired) electrons. The molecule has 30 heavy (non-hydrogen) atoms. The van der Waals surface area contributed by atoms with Crippen LogP contribution in [0.25, 0.3) is 0 Å². The minimum absolute atomic E-state index is 0. The molecule has 168 valence electrons. The van der Waals surface area contributed by atoms with Gasteiger partial charge in [0.2, 0.25) is 5.91 Å². The van der Waals surface area contributed by atoms with E-state index in [0.717, 1.165) is 30.9 Å². The topological polar surface area (TPSA) is 69.2 Å². The Bertz CT molecular complexity index is 696. The third kappa shape index (κ3) is 8.51. The smallest absolute Gasteiger partial charge is 0.241 e. The van der Waals surface area contributed by atoms with Crippen LogP contribution in [-0.4, -0.2) is 74.6 Å². The predicted molar refractivity (Wildman–Crippen MR) is 134 cm³/mol. The predicted octanol–water partition coefficient (Wildman–Crippen LogP) is 2.48. The van der Waals surface area contributed by atoms with Gasteiger partial charge >= 0.3 is 0 Å². The zero-order chi connectivity index (χ0) is 21.1. The lowest BCUT2D eigenvalue weighted by Crippen LogP contribution is -2.47. The van der Waals surface area contributed by atoms with E-state index in [1.54, 1.807) is 25.1 Å². The number of halogens is 1. The maximum Gasteiger partial charge on any atom is 0.241 e. The molecule has 0 bridgehead atoms. The molecule has 0 aliphatic carbocycles. The van der Waals surface area contributed by atoms with E-state index >= 15 is 0 Å². The van der Waals surface area contributed by atoms with Crippen LogP contribution in [0.4, 0.5) is 0 Å². The molecule has 2 rings (SSSR count). The number of aliphatic imine (C=N–C) groups is 1. The van der Waals surface area contributed by atoms with Crippen LogP contribution in [0.3, 0.4) is 0 Å². The largest absolute Gasteiger partial charge is 0.489 e. The molecule has 8 heteroatoms. The number of carbonyl (C=O) groups is 1. The fraction of sp³-hybridized carbons (Fsp3) is 0.545. The lowest BCUT2D eigenvalue weighted by Gasteiger charge is -2.24. The van der Waals surface area contributed by atoms with Gasteiger partial charge < -0.3 is 20.3 Å². The number of likely N-dealkylation sites (tertiary alicyclic amines) is 1. The first kappa shape index (κ1) is 26.2. The van der Waals surface area contributed by atoms with Gasteiger partial charge in [0.15, 0.2) is 5.96 Å². The summed E-state index contributed by atoms with van der Waals surface area (Å²) >= 11 is 0. The van der Waals surface area contributed by atoms with Crippen LogP contribution in [0, 0.1) is 0 Å². The number of guanidine groups is 1. The summed E-state index contributed by atoms with van der Waals surface area (Å²) in [6, 6.07) is 8.35. The number of para-hydroxylation sites is 1. The second-order valence-corrected chi connectivity index (χ2v) is 7.32. The fourth-order valence-corrected chi connectivity index (χ4v) is 3.34. The second-order valence-electron chi connectivity index (χ2n) is 7.32. The zero-order valence-corrected chi connectivity index (χ0v) is 20.7. The molecule has 1 fully saturated rings. The number of hydrogen-bond acceptors (Lipinski definition) is 4. The van der Waals surface area contributed by atoms with E-state index in [-0.39, 0.29) is 36.4 Å². The number of benzene rings is 1. The highest BCUT2D eigenvalue weighted by Crippen LogP contribution is 2.19. The summed E-state index contributed by atoms with van der Waals surface area (Å²) in [5.74, 6) is 1.44. The lowest BCUT2D eigenvalue weighted by molar-refractivity contribution is -0.127. The molecule has 1 aliphatic heterocycles. The number of nitrogens with one attached hydrogen (secondary N) is 2. The van der Waals surface area contributed by atoms with Crippen molar-refractivity contribution in [3.05, 3.63) is 42.5 Å². The Balaban J connectivity index is 0.00000450. The van der Waals surface area contributed by atoms with Crippen molar-refractivity contribution in [1.82, 2.24) is 20.4 Å². The average Bonchev–Trinajstić information content (AvgIpc) is 3.19. The summed E-state index contributed by atoms with van der Waals surface area (Å²) in [5.41, 5.74) is 0.991. The van der Waals surface area contributed by atoms with E-state index in [2.05, 4.69) is 29.0 Å². The van der Waals surface area contributed by atoms with Crippen LogP contribution >= 0.6 is 24.0 Å². The Kier molecular flexibility index (Phi) is 12.4. The van der Waals surface area contributed by atoms with E-state index in [1.807, 2.05) is 24.3 Å². The third-order valence-electron chi connectivity index (χ3n) is 5.05. The van der Waals surface area contributed by atoms with Crippen molar-refractivity contribution >= 4 is 35.8 Å². The molecule has 2 N–H and O–H groups in total. The van der Waals surface area contributed by atoms with E-state index in [4.69, 9.17) is 9.73 Å². The number of carbonyl (C=O) groups excluding carboxylic acids is 1. The Hall–Kier alpha value is -1.81. The minimum atomic E-state index is 0. The average molecular weight is 529 g/mol. The third-order valence-corrected chi connectivity index (χ3v) is 5.05. The SMILES string of the molecule is C=CCOc1ccccc1CN=C(NCC(=O)N(C)C)NCC1CCCN1CC.I. The summed E-state index contributed by atoms with van der Waals surface area (Å²) in [6.45, 7) is 10.0. The number of rotatable bonds is 10. The quantitative estimate of drug-likeness (QED) is 0.211. The number of ether oxygens (including phenoxy) is 1. The molecule has 0 spiro atoms. The standard InChI is InChI=1S/C22H35N5O2.HI/c1-5-14-29-20-12-8-7-10-18(20)15-23-22(25-17-21(28)26(3)4)24-16-19-11-9-13-27(19)6-2;/h5,7-8,10,12,19H,1,6,9,11,13-17H2,2-4H3,(H2,23,24,25);1H.